The Balaban J connectivity index is 1.65. The van der Waals surface area contributed by atoms with Gasteiger partial charge < -0.3 is 10.4 Å². The van der Waals surface area contributed by atoms with Crippen LogP contribution in [0.2, 0.25) is 0 Å². The second-order valence-electron chi connectivity index (χ2n) is 5.94. The highest BCUT2D eigenvalue weighted by Gasteiger charge is 2.31. The normalized spacial score (nSPS) is 19.5. The first-order valence-electron chi connectivity index (χ1n) is 7.78. The van der Waals surface area contributed by atoms with Gasteiger partial charge in [-0.15, -0.1) is 0 Å². The highest BCUT2D eigenvalue weighted by Crippen LogP contribution is 2.25. The van der Waals surface area contributed by atoms with E-state index in [0.717, 1.165) is 0 Å². The Bertz CT molecular complexity index is 814. The molecular weight excluding hydrogens is 328 g/mol. The summed E-state index contributed by atoms with van der Waals surface area (Å²) in [5.41, 5.74) is 0.775. The van der Waals surface area contributed by atoms with Crippen molar-refractivity contribution in [3.05, 3.63) is 52.3 Å². The van der Waals surface area contributed by atoms with Crippen LogP contribution >= 0.6 is 0 Å². The van der Waals surface area contributed by atoms with Gasteiger partial charge in [-0.2, -0.15) is 5.10 Å². The topological polar surface area (TPSA) is 127 Å². The molecule has 2 N–H and O–H groups in total. The van der Waals surface area contributed by atoms with Gasteiger partial charge in [-0.3, -0.25) is 19.7 Å². The standard InChI is InChI=1S/C16H16N4O5/c21-15(17-11-2-1-10(9-11)16(22)23)14-7-8-19(18-14)12-3-5-13(6-4-12)20(24)25/h3-8,10-11H,1-2,9H2,(H,17,21)(H,22,23)/t10-,11+/m0/s1. The molecule has 1 aromatic carbocycles. The summed E-state index contributed by atoms with van der Waals surface area (Å²) >= 11 is 0. The van der Waals surface area contributed by atoms with Crippen molar-refractivity contribution in [3.63, 3.8) is 0 Å². The molecule has 0 aliphatic heterocycles. The fourth-order valence-electron chi connectivity index (χ4n) is 2.91. The maximum atomic E-state index is 12.2. The first-order chi connectivity index (χ1) is 11.9. The quantitative estimate of drug-likeness (QED) is 0.628. The van der Waals surface area contributed by atoms with Gasteiger partial charge in [-0.05, 0) is 37.5 Å². The number of hydrogen-bond acceptors (Lipinski definition) is 5. The minimum atomic E-state index is -0.834. The number of amides is 1. The number of non-ortho nitro benzene ring substituents is 1. The van der Waals surface area contributed by atoms with Crippen molar-refractivity contribution in [2.75, 3.05) is 0 Å². The zero-order valence-corrected chi connectivity index (χ0v) is 13.2. The van der Waals surface area contributed by atoms with Crippen LogP contribution in [0.3, 0.4) is 0 Å². The lowest BCUT2D eigenvalue weighted by molar-refractivity contribution is -0.384. The Morgan fingerprint density at radius 2 is 1.96 bits per heavy atom. The molecule has 1 aliphatic rings. The maximum Gasteiger partial charge on any atom is 0.306 e. The molecule has 1 amide bonds. The second kappa shape index (κ2) is 6.71. The third-order valence-corrected chi connectivity index (χ3v) is 4.26. The molecule has 25 heavy (non-hydrogen) atoms. The van der Waals surface area contributed by atoms with Crippen LogP contribution in [0, 0.1) is 16.0 Å². The van der Waals surface area contributed by atoms with Gasteiger partial charge in [0.15, 0.2) is 5.69 Å². The van der Waals surface area contributed by atoms with E-state index in [0.29, 0.717) is 24.9 Å². The second-order valence-corrected chi connectivity index (χ2v) is 5.94. The molecular formula is C16H16N4O5. The Hall–Kier alpha value is -3.23. The van der Waals surface area contributed by atoms with Crippen molar-refractivity contribution in [3.8, 4) is 5.69 Å². The van der Waals surface area contributed by atoms with Crippen molar-refractivity contribution >= 4 is 17.6 Å². The van der Waals surface area contributed by atoms with Crippen LogP contribution in [0.5, 0.6) is 0 Å². The number of aromatic nitrogens is 2. The fourth-order valence-corrected chi connectivity index (χ4v) is 2.91. The maximum absolute atomic E-state index is 12.2. The van der Waals surface area contributed by atoms with Gasteiger partial charge in [0.25, 0.3) is 11.6 Å². The molecule has 0 bridgehead atoms. The first-order valence-corrected chi connectivity index (χ1v) is 7.78. The van der Waals surface area contributed by atoms with E-state index in [1.54, 1.807) is 24.4 Å². The largest absolute Gasteiger partial charge is 0.481 e. The summed E-state index contributed by atoms with van der Waals surface area (Å²) in [4.78, 5) is 33.4. The lowest BCUT2D eigenvalue weighted by Crippen LogP contribution is -2.33. The molecule has 9 heteroatoms. The molecule has 3 rings (SSSR count). The molecule has 0 unspecified atom stereocenters. The van der Waals surface area contributed by atoms with E-state index in [-0.39, 0.29) is 23.3 Å². The number of hydrogen-bond donors (Lipinski definition) is 2. The van der Waals surface area contributed by atoms with Gasteiger partial charge in [0.2, 0.25) is 0 Å². The van der Waals surface area contributed by atoms with Gasteiger partial charge in [0.1, 0.15) is 0 Å². The third kappa shape index (κ3) is 3.65. The van der Waals surface area contributed by atoms with Crippen LogP contribution < -0.4 is 5.32 Å². The molecule has 1 fully saturated rings. The number of carbonyl (C=O) groups excluding carboxylic acids is 1. The molecule has 9 nitrogen and oxygen atoms in total. The highest BCUT2D eigenvalue weighted by atomic mass is 16.6. The Morgan fingerprint density at radius 1 is 1.24 bits per heavy atom. The van der Waals surface area contributed by atoms with E-state index >= 15 is 0 Å². The molecule has 2 atom stereocenters. The summed E-state index contributed by atoms with van der Waals surface area (Å²) in [6.45, 7) is 0. The smallest absolute Gasteiger partial charge is 0.306 e. The molecule has 1 saturated carbocycles. The number of nitro groups is 1. The predicted octanol–water partition coefficient (Wildman–Crippen LogP) is 1.76. The monoisotopic (exact) mass is 344 g/mol. The van der Waals surface area contributed by atoms with Crippen LogP contribution in [0.15, 0.2) is 36.5 Å². The van der Waals surface area contributed by atoms with E-state index in [9.17, 15) is 19.7 Å². The zero-order chi connectivity index (χ0) is 18.0. The number of aliphatic carboxylic acids is 1. The van der Waals surface area contributed by atoms with Crippen LogP contribution in [0.4, 0.5) is 5.69 Å². The number of carboxylic acid groups (broad SMARTS) is 1. The SMILES string of the molecule is O=C(N[C@@H]1CC[C@H](C(=O)O)C1)c1ccn(-c2ccc([N+](=O)[O-])cc2)n1. The van der Waals surface area contributed by atoms with Crippen LogP contribution in [-0.2, 0) is 4.79 Å². The van der Waals surface area contributed by atoms with Crippen LogP contribution in [0.1, 0.15) is 29.8 Å². The van der Waals surface area contributed by atoms with Gasteiger partial charge >= 0.3 is 5.97 Å². The van der Waals surface area contributed by atoms with Crippen molar-refractivity contribution in [2.45, 2.75) is 25.3 Å². The van der Waals surface area contributed by atoms with E-state index in [4.69, 9.17) is 5.11 Å². The number of nitrogens with zero attached hydrogens (tertiary/aromatic N) is 3. The van der Waals surface area contributed by atoms with Gasteiger partial charge in [-0.1, -0.05) is 0 Å². The number of nitrogens with one attached hydrogen (secondary N) is 1. The van der Waals surface area contributed by atoms with Crippen LogP contribution in [-0.4, -0.2) is 37.7 Å². The van der Waals surface area contributed by atoms with Gasteiger partial charge in [0.05, 0.1) is 16.5 Å². The average Bonchev–Trinajstić information content (AvgIpc) is 3.24. The highest BCUT2D eigenvalue weighted by molar-refractivity contribution is 5.92. The summed E-state index contributed by atoms with van der Waals surface area (Å²) in [6.07, 6.45) is 3.19. The lowest BCUT2D eigenvalue weighted by Gasteiger charge is -2.11. The molecule has 0 radical (unpaired) electrons. The van der Waals surface area contributed by atoms with Crippen LogP contribution in [0.25, 0.3) is 5.69 Å². The zero-order valence-electron chi connectivity index (χ0n) is 13.2. The number of carboxylic acids is 1. The number of nitro benzene ring substituents is 1. The number of rotatable bonds is 5. The number of carbonyl (C=O) groups is 2. The van der Waals surface area contributed by atoms with Gasteiger partial charge in [0, 0.05) is 24.4 Å². The summed E-state index contributed by atoms with van der Waals surface area (Å²) < 4.78 is 1.45. The van der Waals surface area contributed by atoms with Gasteiger partial charge in [-0.25, -0.2) is 4.68 Å². The van der Waals surface area contributed by atoms with E-state index in [2.05, 4.69) is 10.4 Å². The van der Waals surface area contributed by atoms with E-state index in [1.807, 2.05) is 0 Å². The number of benzene rings is 1. The summed E-state index contributed by atoms with van der Waals surface area (Å²) in [5, 5.41) is 26.6. The molecule has 130 valence electrons. The Morgan fingerprint density at radius 3 is 2.56 bits per heavy atom. The average molecular weight is 344 g/mol. The van der Waals surface area contributed by atoms with E-state index in [1.165, 1.54) is 16.8 Å². The fraction of sp³-hybridized carbons (Fsp3) is 0.312. The summed E-state index contributed by atoms with van der Waals surface area (Å²) in [6, 6.07) is 7.18. The van der Waals surface area contributed by atoms with E-state index < -0.39 is 16.8 Å². The Labute approximate surface area is 142 Å². The Kier molecular flexibility index (Phi) is 4.46. The first kappa shape index (κ1) is 16.6. The lowest BCUT2D eigenvalue weighted by atomic mass is 10.1. The summed E-state index contributed by atoms with van der Waals surface area (Å²) in [5.74, 6) is -1.61. The predicted molar refractivity (Wildman–Crippen MR) is 86.4 cm³/mol. The molecule has 2 aromatic rings. The minimum absolute atomic E-state index is 0.0249. The van der Waals surface area contributed by atoms with Crippen molar-refractivity contribution in [1.82, 2.24) is 15.1 Å². The molecule has 1 heterocycles. The summed E-state index contributed by atoms with van der Waals surface area (Å²) in [7, 11) is 0. The molecule has 1 aromatic heterocycles. The molecule has 0 saturated heterocycles. The van der Waals surface area contributed by atoms with Crippen molar-refractivity contribution < 1.29 is 19.6 Å². The molecule has 1 aliphatic carbocycles. The molecule has 0 spiro atoms. The van der Waals surface area contributed by atoms with Crippen molar-refractivity contribution in [1.29, 1.82) is 0 Å². The third-order valence-electron chi connectivity index (χ3n) is 4.26. The minimum Gasteiger partial charge on any atom is -0.481 e. The van der Waals surface area contributed by atoms with Crippen molar-refractivity contribution in [2.24, 2.45) is 5.92 Å².